The Morgan fingerprint density at radius 3 is 2.50 bits per heavy atom. The number of aliphatic carboxylic acids is 1. The molecule has 98 valence electrons. The number of halogens is 1. The monoisotopic (exact) mass is 253 g/mol. The number of nitrogens with one attached hydrogen (secondary N) is 1. The fraction of sp³-hybridized carbons (Fsp3) is 0.462. The predicted molar refractivity (Wildman–Crippen MR) is 65.0 cm³/mol. The highest BCUT2D eigenvalue weighted by Gasteiger charge is 2.29. The first-order valence-corrected chi connectivity index (χ1v) is 5.99. The largest absolute Gasteiger partial charge is 0.480 e. The molecule has 1 heterocycles. The third-order valence-electron chi connectivity index (χ3n) is 3.17. The van der Waals surface area contributed by atoms with Crippen molar-refractivity contribution in [2.45, 2.75) is 18.9 Å². The number of anilines is 1. The molecule has 4 nitrogen and oxygen atoms in total. The average molecular weight is 253 g/mol. The molecule has 5 heteroatoms. The van der Waals surface area contributed by atoms with Crippen molar-refractivity contribution in [2.24, 2.45) is 5.92 Å². The van der Waals surface area contributed by atoms with Crippen LogP contribution in [0.2, 0.25) is 0 Å². The van der Waals surface area contributed by atoms with E-state index in [1.807, 2.05) is 0 Å². The van der Waals surface area contributed by atoms with Gasteiger partial charge in [0.15, 0.2) is 0 Å². The standard InChI is InChI=1S/C13H16FNO3/c14-10-1-3-11(4-2-10)15-12(13(16)17)9-5-7-18-8-6-9/h1-4,9,12,15H,5-8H2,(H,16,17). The molecule has 1 atom stereocenters. The minimum Gasteiger partial charge on any atom is -0.480 e. The summed E-state index contributed by atoms with van der Waals surface area (Å²) in [6, 6.07) is 5.06. The Morgan fingerprint density at radius 1 is 1.33 bits per heavy atom. The van der Waals surface area contributed by atoms with E-state index in [0.29, 0.717) is 18.9 Å². The van der Waals surface area contributed by atoms with E-state index in [4.69, 9.17) is 4.74 Å². The number of hydrogen-bond acceptors (Lipinski definition) is 3. The molecular formula is C13H16FNO3. The zero-order chi connectivity index (χ0) is 13.0. The van der Waals surface area contributed by atoms with Gasteiger partial charge < -0.3 is 15.2 Å². The Kier molecular flexibility index (Phi) is 4.15. The summed E-state index contributed by atoms with van der Waals surface area (Å²) >= 11 is 0. The number of rotatable bonds is 4. The molecule has 0 amide bonds. The summed E-state index contributed by atoms with van der Waals surface area (Å²) < 4.78 is 18.0. The van der Waals surface area contributed by atoms with Crippen molar-refractivity contribution < 1.29 is 19.0 Å². The lowest BCUT2D eigenvalue weighted by atomic mass is 9.91. The van der Waals surface area contributed by atoms with Gasteiger partial charge in [0.05, 0.1) is 0 Å². The van der Waals surface area contributed by atoms with E-state index in [0.717, 1.165) is 12.8 Å². The lowest BCUT2D eigenvalue weighted by Crippen LogP contribution is -2.39. The van der Waals surface area contributed by atoms with Gasteiger partial charge in [-0.3, -0.25) is 0 Å². The summed E-state index contributed by atoms with van der Waals surface area (Å²) in [5.74, 6) is -1.17. The average Bonchev–Trinajstić information content (AvgIpc) is 2.38. The molecule has 0 bridgehead atoms. The fourth-order valence-electron chi connectivity index (χ4n) is 2.16. The van der Waals surface area contributed by atoms with E-state index in [2.05, 4.69) is 5.32 Å². The van der Waals surface area contributed by atoms with E-state index in [-0.39, 0.29) is 11.7 Å². The summed E-state index contributed by atoms with van der Waals surface area (Å²) in [7, 11) is 0. The van der Waals surface area contributed by atoms with Crippen LogP contribution in [0, 0.1) is 11.7 Å². The highest BCUT2D eigenvalue weighted by atomic mass is 19.1. The van der Waals surface area contributed by atoms with Crippen LogP contribution in [0.3, 0.4) is 0 Å². The topological polar surface area (TPSA) is 58.6 Å². The minimum atomic E-state index is -0.883. The first-order valence-electron chi connectivity index (χ1n) is 5.99. The molecule has 0 spiro atoms. The molecule has 1 aromatic carbocycles. The van der Waals surface area contributed by atoms with Crippen LogP contribution in [0.1, 0.15) is 12.8 Å². The molecule has 0 radical (unpaired) electrons. The van der Waals surface area contributed by atoms with Gasteiger partial charge in [-0.05, 0) is 43.0 Å². The molecule has 1 aliphatic heterocycles. The zero-order valence-corrected chi connectivity index (χ0v) is 9.93. The number of hydrogen-bond donors (Lipinski definition) is 2. The van der Waals surface area contributed by atoms with Gasteiger partial charge >= 0.3 is 5.97 Å². The van der Waals surface area contributed by atoms with Gasteiger partial charge in [0, 0.05) is 18.9 Å². The minimum absolute atomic E-state index is 0.0429. The molecule has 1 aliphatic rings. The Hall–Kier alpha value is -1.62. The summed E-state index contributed by atoms with van der Waals surface area (Å²) in [4.78, 5) is 11.3. The van der Waals surface area contributed by atoms with Crippen molar-refractivity contribution >= 4 is 11.7 Å². The van der Waals surface area contributed by atoms with Crippen molar-refractivity contribution in [1.82, 2.24) is 0 Å². The molecule has 2 N–H and O–H groups in total. The Balaban J connectivity index is 2.05. The molecule has 18 heavy (non-hydrogen) atoms. The lowest BCUT2D eigenvalue weighted by Gasteiger charge is -2.28. The van der Waals surface area contributed by atoms with Crippen LogP contribution in [-0.2, 0) is 9.53 Å². The summed E-state index contributed by atoms with van der Waals surface area (Å²) in [6.07, 6.45) is 1.45. The third-order valence-corrected chi connectivity index (χ3v) is 3.17. The maximum Gasteiger partial charge on any atom is 0.326 e. The zero-order valence-electron chi connectivity index (χ0n) is 9.93. The van der Waals surface area contributed by atoms with Crippen molar-refractivity contribution in [1.29, 1.82) is 0 Å². The van der Waals surface area contributed by atoms with Crippen LogP contribution >= 0.6 is 0 Å². The second kappa shape index (κ2) is 5.82. The van der Waals surface area contributed by atoms with Gasteiger partial charge in [-0.2, -0.15) is 0 Å². The number of benzene rings is 1. The molecule has 1 fully saturated rings. The van der Waals surface area contributed by atoms with Crippen molar-refractivity contribution in [3.63, 3.8) is 0 Å². The van der Waals surface area contributed by atoms with Crippen LogP contribution in [0.25, 0.3) is 0 Å². The molecular weight excluding hydrogens is 237 g/mol. The van der Waals surface area contributed by atoms with Crippen LogP contribution in [-0.4, -0.2) is 30.3 Å². The quantitative estimate of drug-likeness (QED) is 0.863. The molecule has 0 aliphatic carbocycles. The number of carboxylic acid groups (broad SMARTS) is 1. The number of carboxylic acids is 1. The molecule has 1 aromatic rings. The SMILES string of the molecule is O=C(O)C(Nc1ccc(F)cc1)C1CCOCC1. The molecule has 2 rings (SSSR count). The Bertz CT molecular complexity index is 401. The Morgan fingerprint density at radius 2 is 1.94 bits per heavy atom. The smallest absolute Gasteiger partial charge is 0.326 e. The van der Waals surface area contributed by atoms with Crippen LogP contribution in [0.5, 0.6) is 0 Å². The molecule has 0 saturated carbocycles. The van der Waals surface area contributed by atoms with Crippen LogP contribution in [0.15, 0.2) is 24.3 Å². The van der Waals surface area contributed by atoms with Gasteiger partial charge in [0.2, 0.25) is 0 Å². The second-order valence-corrected chi connectivity index (χ2v) is 4.42. The molecule has 0 aromatic heterocycles. The van der Waals surface area contributed by atoms with E-state index in [9.17, 15) is 14.3 Å². The van der Waals surface area contributed by atoms with Gasteiger partial charge in [-0.1, -0.05) is 0 Å². The van der Waals surface area contributed by atoms with E-state index < -0.39 is 12.0 Å². The van der Waals surface area contributed by atoms with E-state index in [1.165, 1.54) is 12.1 Å². The highest BCUT2D eigenvalue weighted by molar-refractivity contribution is 5.77. The van der Waals surface area contributed by atoms with Gasteiger partial charge in [-0.15, -0.1) is 0 Å². The molecule has 1 unspecified atom stereocenters. The van der Waals surface area contributed by atoms with Gasteiger partial charge in [-0.25, -0.2) is 9.18 Å². The van der Waals surface area contributed by atoms with Crippen LogP contribution in [0.4, 0.5) is 10.1 Å². The summed E-state index contributed by atoms with van der Waals surface area (Å²) in [6.45, 7) is 1.19. The predicted octanol–water partition coefficient (Wildman–Crippen LogP) is 2.12. The maximum atomic E-state index is 12.8. The highest BCUT2D eigenvalue weighted by Crippen LogP contribution is 2.22. The Labute approximate surface area is 105 Å². The van der Waals surface area contributed by atoms with Crippen LogP contribution < -0.4 is 5.32 Å². The third kappa shape index (κ3) is 3.20. The summed E-state index contributed by atoms with van der Waals surface area (Å²) in [5, 5.41) is 12.2. The van der Waals surface area contributed by atoms with E-state index >= 15 is 0 Å². The first-order chi connectivity index (χ1) is 8.66. The first kappa shape index (κ1) is 12.8. The maximum absolute atomic E-state index is 12.8. The lowest BCUT2D eigenvalue weighted by molar-refractivity contribution is -0.140. The normalized spacial score (nSPS) is 18.3. The summed E-state index contributed by atoms with van der Waals surface area (Å²) in [5.41, 5.74) is 0.621. The van der Waals surface area contributed by atoms with Gasteiger partial charge in [0.1, 0.15) is 11.9 Å². The second-order valence-electron chi connectivity index (χ2n) is 4.42. The fourth-order valence-corrected chi connectivity index (χ4v) is 2.16. The van der Waals surface area contributed by atoms with E-state index in [1.54, 1.807) is 12.1 Å². The number of ether oxygens (including phenoxy) is 1. The van der Waals surface area contributed by atoms with Crippen molar-refractivity contribution in [3.8, 4) is 0 Å². The number of carbonyl (C=O) groups is 1. The van der Waals surface area contributed by atoms with Gasteiger partial charge in [0.25, 0.3) is 0 Å². The van der Waals surface area contributed by atoms with Crippen molar-refractivity contribution in [2.75, 3.05) is 18.5 Å². The molecule has 1 saturated heterocycles. The van der Waals surface area contributed by atoms with Crippen molar-refractivity contribution in [3.05, 3.63) is 30.1 Å².